The van der Waals surface area contributed by atoms with Crippen molar-refractivity contribution in [1.29, 1.82) is 0 Å². The zero-order valence-corrected chi connectivity index (χ0v) is 5.24. The molecule has 0 bridgehead atoms. The summed E-state index contributed by atoms with van der Waals surface area (Å²) < 4.78 is 0. The second-order valence-electron chi connectivity index (χ2n) is 1.12. The van der Waals surface area contributed by atoms with E-state index in [-0.39, 0.29) is 6.03 Å². The molecule has 0 heterocycles. The number of rotatable bonds is 2. The molecule has 0 rings (SSSR count). The van der Waals surface area contributed by atoms with Gasteiger partial charge in [-0.2, -0.15) is 12.6 Å². The molecule has 0 saturated heterocycles. The number of thiol groups is 1. The highest BCUT2D eigenvalue weighted by atomic mass is 32.1. The quantitative estimate of drug-likeness (QED) is 0.171. The standard InChI is InChI=1S/C3H9N3OS/c4-6-3(7)5-1-2-8/h8H,1-2,4H2,(H2,5,6,7). The molecular weight excluding hydrogens is 126 g/mol. The third kappa shape index (κ3) is 3.76. The summed E-state index contributed by atoms with van der Waals surface area (Å²) >= 11 is 3.85. The second kappa shape index (κ2) is 4.73. The van der Waals surface area contributed by atoms with Crippen molar-refractivity contribution in [3.8, 4) is 0 Å². The van der Waals surface area contributed by atoms with E-state index in [1.165, 1.54) is 0 Å². The van der Waals surface area contributed by atoms with Gasteiger partial charge < -0.3 is 5.32 Å². The molecule has 0 aromatic carbocycles. The van der Waals surface area contributed by atoms with E-state index >= 15 is 0 Å². The molecule has 4 N–H and O–H groups in total. The van der Waals surface area contributed by atoms with Gasteiger partial charge in [-0.1, -0.05) is 0 Å². The van der Waals surface area contributed by atoms with Crippen LogP contribution in [0, 0.1) is 0 Å². The van der Waals surface area contributed by atoms with Gasteiger partial charge in [0.1, 0.15) is 0 Å². The molecule has 0 atom stereocenters. The Labute approximate surface area is 53.2 Å². The Hall–Kier alpha value is -0.420. The highest BCUT2D eigenvalue weighted by Gasteiger charge is 1.89. The lowest BCUT2D eigenvalue weighted by Gasteiger charge is -1.98. The number of nitrogens with two attached hydrogens (primary N) is 1. The van der Waals surface area contributed by atoms with Crippen molar-refractivity contribution < 1.29 is 4.79 Å². The maximum absolute atomic E-state index is 10.2. The lowest BCUT2D eigenvalue weighted by atomic mass is 10.7. The van der Waals surface area contributed by atoms with E-state index in [0.717, 1.165) is 0 Å². The van der Waals surface area contributed by atoms with Gasteiger partial charge in [0.15, 0.2) is 0 Å². The molecule has 0 fully saturated rings. The molecule has 48 valence electrons. The largest absolute Gasteiger partial charge is 0.336 e. The maximum Gasteiger partial charge on any atom is 0.328 e. The predicted octanol–water partition coefficient (Wildman–Crippen LogP) is -0.911. The molecular formula is C3H9N3OS. The summed E-state index contributed by atoms with van der Waals surface area (Å²) in [5.41, 5.74) is 1.92. The lowest BCUT2D eigenvalue weighted by Crippen LogP contribution is -2.40. The van der Waals surface area contributed by atoms with Crippen molar-refractivity contribution in [2.24, 2.45) is 5.84 Å². The average molecular weight is 135 g/mol. The van der Waals surface area contributed by atoms with Crippen LogP contribution in [-0.2, 0) is 0 Å². The van der Waals surface area contributed by atoms with E-state index in [2.05, 4.69) is 17.9 Å². The molecule has 0 aliphatic rings. The number of carbonyl (C=O) groups is 1. The Kier molecular flexibility index (Phi) is 4.48. The van der Waals surface area contributed by atoms with Gasteiger partial charge >= 0.3 is 6.03 Å². The smallest absolute Gasteiger partial charge is 0.328 e. The Morgan fingerprint density at radius 3 is 2.75 bits per heavy atom. The molecule has 2 amide bonds. The van der Waals surface area contributed by atoms with E-state index in [1.807, 2.05) is 5.43 Å². The Morgan fingerprint density at radius 1 is 1.75 bits per heavy atom. The fourth-order valence-electron chi connectivity index (χ4n) is 0.220. The average Bonchev–Trinajstić information content (AvgIpc) is 1.83. The first-order valence-electron chi connectivity index (χ1n) is 2.16. The first kappa shape index (κ1) is 7.58. The number of urea groups is 1. The van der Waals surface area contributed by atoms with Crippen molar-refractivity contribution in [2.45, 2.75) is 0 Å². The summed E-state index contributed by atoms with van der Waals surface area (Å²) in [6, 6.07) is -0.376. The fourth-order valence-corrected chi connectivity index (χ4v) is 0.332. The topological polar surface area (TPSA) is 67.1 Å². The highest BCUT2D eigenvalue weighted by molar-refractivity contribution is 7.80. The third-order valence-electron chi connectivity index (χ3n) is 0.528. The van der Waals surface area contributed by atoms with E-state index in [9.17, 15) is 4.79 Å². The van der Waals surface area contributed by atoms with Crippen molar-refractivity contribution >= 4 is 18.7 Å². The number of hydrazine groups is 1. The number of carbonyl (C=O) groups excluding carboxylic acids is 1. The summed E-state index contributed by atoms with van der Waals surface area (Å²) in [5.74, 6) is 5.34. The van der Waals surface area contributed by atoms with E-state index in [4.69, 9.17) is 5.84 Å². The van der Waals surface area contributed by atoms with Crippen LogP contribution in [0.1, 0.15) is 0 Å². The minimum atomic E-state index is -0.376. The molecule has 0 unspecified atom stereocenters. The zero-order chi connectivity index (χ0) is 6.41. The lowest BCUT2D eigenvalue weighted by molar-refractivity contribution is 0.242. The van der Waals surface area contributed by atoms with Gasteiger partial charge in [-0.05, 0) is 0 Å². The SMILES string of the molecule is NNC(=O)NCCS. The Morgan fingerprint density at radius 2 is 2.38 bits per heavy atom. The molecule has 5 heteroatoms. The minimum absolute atomic E-state index is 0.376. The molecule has 0 spiro atoms. The van der Waals surface area contributed by atoms with Gasteiger partial charge in [-0.25, -0.2) is 10.6 Å². The first-order valence-corrected chi connectivity index (χ1v) is 2.80. The molecule has 0 aliphatic heterocycles. The Balaban J connectivity index is 2.99. The summed E-state index contributed by atoms with van der Waals surface area (Å²) in [5, 5.41) is 2.43. The van der Waals surface area contributed by atoms with Gasteiger partial charge in [0.25, 0.3) is 0 Å². The highest BCUT2D eigenvalue weighted by Crippen LogP contribution is 1.66. The van der Waals surface area contributed by atoms with Crippen LogP contribution in [-0.4, -0.2) is 18.3 Å². The molecule has 0 aliphatic carbocycles. The van der Waals surface area contributed by atoms with Crippen LogP contribution in [0.25, 0.3) is 0 Å². The van der Waals surface area contributed by atoms with E-state index in [1.54, 1.807) is 0 Å². The maximum atomic E-state index is 10.2. The normalized spacial score (nSPS) is 8.25. The fraction of sp³-hybridized carbons (Fsp3) is 0.667. The molecule has 0 aromatic rings. The monoisotopic (exact) mass is 135 g/mol. The minimum Gasteiger partial charge on any atom is -0.336 e. The van der Waals surface area contributed by atoms with E-state index in [0.29, 0.717) is 12.3 Å². The number of nitrogens with one attached hydrogen (secondary N) is 2. The van der Waals surface area contributed by atoms with Gasteiger partial charge in [-0.3, -0.25) is 5.43 Å². The first-order chi connectivity index (χ1) is 3.81. The molecule has 0 aromatic heterocycles. The van der Waals surface area contributed by atoms with Crippen LogP contribution < -0.4 is 16.6 Å². The number of hydrogen-bond acceptors (Lipinski definition) is 3. The van der Waals surface area contributed by atoms with Crippen LogP contribution in [0.15, 0.2) is 0 Å². The zero-order valence-electron chi connectivity index (χ0n) is 4.35. The van der Waals surface area contributed by atoms with Crippen LogP contribution in [0.3, 0.4) is 0 Å². The summed E-state index contributed by atoms with van der Waals surface area (Å²) in [6.45, 7) is 0.534. The number of hydrogen-bond donors (Lipinski definition) is 4. The van der Waals surface area contributed by atoms with Crippen LogP contribution in [0.4, 0.5) is 4.79 Å². The van der Waals surface area contributed by atoms with Crippen LogP contribution in [0.2, 0.25) is 0 Å². The van der Waals surface area contributed by atoms with Gasteiger partial charge in [0.05, 0.1) is 0 Å². The van der Waals surface area contributed by atoms with Crippen LogP contribution in [0.5, 0.6) is 0 Å². The van der Waals surface area contributed by atoms with Gasteiger partial charge in [-0.15, -0.1) is 0 Å². The third-order valence-corrected chi connectivity index (χ3v) is 0.752. The second-order valence-corrected chi connectivity index (χ2v) is 1.57. The van der Waals surface area contributed by atoms with Crippen LogP contribution >= 0.6 is 12.6 Å². The van der Waals surface area contributed by atoms with Crippen molar-refractivity contribution in [1.82, 2.24) is 10.7 Å². The predicted molar refractivity (Wildman–Crippen MR) is 34.6 cm³/mol. The molecule has 0 saturated carbocycles. The molecule has 8 heavy (non-hydrogen) atoms. The molecule has 4 nitrogen and oxygen atoms in total. The van der Waals surface area contributed by atoms with E-state index < -0.39 is 0 Å². The van der Waals surface area contributed by atoms with Crippen molar-refractivity contribution in [2.75, 3.05) is 12.3 Å². The van der Waals surface area contributed by atoms with Gasteiger partial charge in [0.2, 0.25) is 0 Å². The van der Waals surface area contributed by atoms with Crippen molar-refractivity contribution in [3.63, 3.8) is 0 Å². The summed E-state index contributed by atoms with van der Waals surface area (Å²) in [7, 11) is 0. The van der Waals surface area contributed by atoms with Gasteiger partial charge in [0, 0.05) is 12.3 Å². The molecule has 0 radical (unpaired) electrons. The number of amides is 2. The summed E-state index contributed by atoms with van der Waals surface area (Å²) in [4.78, 5) is 10.2. The Bertz CT molecular complexity index is 76.9. The summed E-state index contributed by atoms with van der Waals surface area (Å²) in [6.07, 6.45) is 0. The van der Waals surface area contributed by atoms with Crippen molar-refractivity contribution in [3.05, 3.63) is 0 Å².